The topological polar surface area (TPSA) is 52.7 Å². The molecule has 146 valence electrons. The van der Waals surface area contributed by atoms with E-state index in [1.807, 2.05) is 15.9 Å². The summed E-state index contributed by atoms with van der Waals surface area (Å²) in [4.78, 5) is 30.4. The number of piperidine rings is 1. The zero-order valence-corrected chi connectivity index (χ0v) is 17.6. The van der Waals surface area contributed by atoms with Gasteiger partial charge in [0.25, 0.3) is 5.91 Å². The first-order valence-electron chi connectivity index (χ1n) is 9.42. The van der Waals surface area contributed by atoms with E-state index in [9.17, 15) is 9.59 Å². The molecule has 1 saturated carbocycles. The number of piperazine rings is 1. The molecule has 1 unspecified atom stereocenters. The van der Waals surface area contributed by atoms with Gasteiger partial charge in [0, 0.05) is 41.5 Å². The van der Waals surface area contributed by atoms with Gasteiger partial charge >= 0.3 is 0 Å². The van der Waals surface area contributed by atoms with Gasteiger partial charge in [0.2, 0.25) is 5.91 Å². The second-order valence-electron chi connectivity index (χ2n) is 7.75. The summed E-state index contributed by atoms with van der Waals surface area (Å²) >= 11 is 3.25. The van der Waals surface area contributed by atoms with Gasteiger partial charge in [0.05, 0.1) is 4.88 Å². The molecule has 2 aromatic rings. The molecule has 0 bridgehead atoms. The van der Waals surface area contributed by atoms with E-state index in [0.717, 1.165) is 37.2 Å². The van der Waals surface area contributed by atoms with Crippen molar-refractivity contribution < 1.29 is 9.59 Å². The van der Waals surface area contributed by atoms with Gasteiger partial charge in [-0.3, -0.25) is 9.59 Å². The number of nitrogens with one attached hydrogen (secondary N) is 1. The van der Waals surface area contributed by atoms with Gasteiger partial charge in [-0.2, -0.15) is 0 Å². The first-order valence-corrected chi connectivity index (χ1v) is 11.1. The van der Waals surface area contributed by atoms with Crippen molar-refractivity contribution in [2.75, 3.05) is 39.3 Å². The first-order chi connectivity index (χ1) is 12.7. The van der Waals surface area contributed by atoms with Crippen LogP contribution in [0.15, 0.2) is 17.5 Å². The summed E-state index contributed by atoms with van der Waals surface area (Å²) in [6.45, 7) is 4.74. The third-order valence-corrected chi connectivity index (χ3v) is 8.40. The van der Waals surface area contributed by atoms with Crippen LogP contribution in [0.2, 0.25) is 0 Å². The molecule has 3 fully saturated rings. The molecule has 2 aromatic heterocycles. The van der Waals surface area contributed by atoms with E-state index < -0.39 is 0 Å². The van der Waals surface area contributed by atoms with Crippen LogP contribution in [0.3, 0.4) is 0 Å². The predicted octanol–water partition coefficient (Wildman–Crippen LogP) is 3.06. The number of fused-ring (bicyclic) bond motifs is 1. The molecule has 4 heterocycles. The van der Waals surface area contributed by atoms with E-state index in [-0.39, 0.29) is 29.6 Å². The van der Waals surface area contributed by atoms with Crippen molar-refractivity contribution in [3.63, 3.8) is 0 Å². The highest BCUT2D eigenvalue weighted by Gasteiger charge is 2.58. The van der Waals surface area contributed by atoms with Crippen molar-refractivity contribution >= 4 is 56.3 Å². The molecule has 27 heavy (non-hydrogen) atoms. The van der Waals surface area contributed by atoms with E-state index in [0.29, 0.717) is 32.1 Å². The van der Waals surface area contributed by atoms with Crippen molar-refractivity contribution in [1.82, 2.24) is 15.1 Å². The van der Waals surface area contributed by atoms with E-state index in [4.69, 9.17) is 0 Å². The summed E-state index contributed by atoms with van der Waals surface area (Å²) in [5.74, 6) is 0.679. The maximum atomic E-state index is 12.9. The van der Waals surface area contributed by atoms with Crippen molar-refractivity contribution in [1.29, 1.82) is 0 Å². The molecule has 2 aliphatic heterocycles. The molecule has 0 aromatic carbocycles. The molecule has 5 rings (SSSR count). The summed E-state index contributed by atoms with van der Waals surface area (Å²) in [6.07, 6.45) is 3.34. The Morgan fingerprint density at radius 2 is 1.78 bits per heavy atom. The highest BCUT2D eigenvalue weighted by molar-refractivity contribution is 7.27. The van der Waals surface area contributed by atoms with E-state index in [2.05, 4.69) is 16.8 Å². The minimum Gasteiger partial charge on any atom is -0.339 e. The highest BCUT2D eigenvalue weighted by atomic mass is 35.5. The SMILES string of the molecule is Cl.O=C(c1cc2sccc2s1)N1CCN(C(=O)C2CC23CCNCC3)CC1. The zero-order chi connectivity index (χ0) is 17.7. The van der Waals surface area contributed by atoms with E-state index in [1.165, 1.54) is 9.40 Å². The van der Waals surface area contributed by atoms with Crippen LogP contribution in [0.5, 0.6) is 0 Å². The molecule has 1 spiro atoms. The van der Waals surface area contributed by atoms with Crippen LogP contribution in [0.25, 0.3) is 9.40 Å². The van der Waals surface area contributed by atoms with Gasteiger partial charge in [-0.15, -0.1) is 35.1 Å². The fourth-order valence-electron chi connectivity index (χ4n) is 4.55. The molecule has 2 amide bonds. The second-order valence-corrected chi connectivity index (χ2v) is 9.78. The van der Waals surface area contributed by atoms with Crippen molar-refractivity contribution in [2.45, 2.75) is 19.3 Å². The smallest absolute Gasteiger partial charge is 0.264 e. The highest BCUT2D eigenvalue weighted by Crippen LogP contribution is 2.59. The number of amides is 2. The number of hydrogen-bond acceptors (Lipinski definition) is 5. The van der Waals surface area contributed by atoms with Crippen LogP contribution in [-0.4, -0.2) is 60.9 Å². The van der Waals surface area contributed by atoms with Crippen molar-refractivity contribution in [3.8, 4) is 0 Å². The van der Waals surface area contributed by atoms with Gasteiger partial charge in [-0.1, -0.05) is 0 Å². The molecular weight excluding hydrogens is 402 g/mol. The van der Waals surface area contributed by atoms with Gasteiger partial charge < -0.3 is 15.1 Å². The molecule has 3 aliphatic rings. The average molecular weight is 426 g/mol. The van der Waals surface area contributed by atoms with Crippen LogP contribution in [0.4, 0.5) is 0 Å². The number of nitrogens with zero attached hydrogens (tertiary/aromatic N) is 2. The molecular formula is C19H24ClN3O2S2. The Balaban J connectivity index is 0.00000180. The molecule has 1 aliphatic carbocycles. The minimum atomic E-state index is 0. The number of halogens is 1. The maximum Gasteiger partial charge on any atom is 0.264 e. The Kier molecular flexibility index (Phi) is 5.22. The normalized spacial score (nSPS) is 24.1. The summed E-state index contributed by atoms with van der Waals surface area (Å²) in [6, 6.07) is 4.08. The van der Waals surface area contributed by atoms with Crippen LogP contribution in [0, 0.1) is 11.3 Å². The second kappa shape index (κ2) is 7.35. The number of thiophene rings is 2. The van der Waals surface area contributed by atoms with Crippen molar-refractivity contribution in [3.05, 3.63) is 22.4 Å². The quantitative estimate of drug-likeness (QED) is 0.804. The minimum absolute atomic E-state index is 0. The average Bonchev–Trinajstić information content (AvgIpc) is 3.00. The third-order valence-electron chi connectivity index (χ3n) is 6.32. The zero-order valence-electron chi connectivity index (χ0n) is 15.1. The Hall–Kier alpha value is -1.15. The number of carbonyl (C=O) groups excluding carboxylic acids is 2. The molecule has 0 radical (unpaired) electrons. The van der Waals surface area contributed by atoms with Gasteiger partial charge in [0.1, 0.15) is 0 Å². The fraction of sp³-hybridized carbons (Fsp3) is 0.579. The molecule has 1 atom stereocenters. The lowest BCUT2D eigenvalue weighted by atomic mass is 9.91. The predicted molar refractivity (Wildman–Crippen MR) is 112 cm³/mol. The summed E-state index contributed by atoms with van der Waals surface area (Å²) in [5.41, 5.74) is 0.290. The Bertz CT molecular complexity index is 822. The Morgan fingerprint density at radius 3 is 2.48 bits per heavy atom. The molecule has 2 saturated heterocycles. The fourth-order valence-corrected chi connectivity index (χ4v) is 6.63. The third kappa shape index (κ3) is 3.39. The van der Waals surface area contributed by atoms with E-state index in [1.54, 1.807) is 22.7 Å². The number of rotatable bonds is 2. The van der Waals surface area contributed by atoms with Gasteiger partial charge in [-0.25, -0.2) is 0 Å². The monoisotopic (exact) mass is 425 g/mol. The Labute approximate surface area is 173 Å². The van der Waals surface area contributed by atoms with Crippen LogP contribution >= 0.6 is 35.1 Å². The lowest BCUT2D eigenvalue weighted by molar-refractivity contribution is -0.135. The van der Waals surface area contributed by atoms with E-state index >= 15 is 0 Å². The largest absolute Gasteiger partial charge is 0.339 e. The first kappa shape index (κ1) is 19.2. The lowest BCUT2D eigenvalue weighted by Crippen LogP contribution is -2.51. The van der Waals surface area contributed by atoms with Gasteiger partial charge in [0.15, 0.2) is 0 Å². The summed E-state index contributed by atoms with van der Waals surface area (Å²) < 4.78 is 2.38. The molecule has 5 nitrogen and oxygen atoms in total. The standard InChI is InChI=1S/C19H23N3O2S2.ClH/c23-17(13-12-19(13)2-4-20-5-3-19)21-6-8-22(9-7-21)18(24)16-11-15-14(26-16)1-10-25-15;/h1,10-11,13,20H,2-9,12H2;1H. The summed E-state index contributed by atoms with van der Waals surface area (Å²) in [7, 11) is 0. The molecule has 8 heteroatoms. The Morgan fingerprint density at radius 1 is 1.07 bits per heavy atom. The van der Waals surface area contributed by atoms with Crippen LogP contribution < -0.4 is 5.32 Å². The van der Waals surface area contributed by atoms with Crippen LogP contribution in [-0.2, 0) is 4.79 Å². The maximum absolute atomic E-state index is 12.9. The van der Waals surface area contributed by atoms with Crippen LogP contribution in [0.1, 0.15) is 28.9 Å². The number of hydrogen-bond donors (Lipinski definition) is 1. The lowest BCUT2D eigenvalue weighted by Gasteiger charge is -2.35. The molecule has 1 N–H and O–H groups in total. The van der Waals surface area contributed by atoms with Crippen molar-refractivity contribution in [2.24, 2.45) is 11.3 Å². The summed E-state index contributed by atoms with van der Waals surface area (Å²) in [5, 5.41) is 5.46. The van der Waals surface area contributed by atoms with Gasteiger partial charge in [-0.05, 0) is 55.3 Å². The number of carbonyl (C=O) groups is 2.